The number of nitrogens with zero attached hydrogens (tertiary/aromatic N) is 4. The summed E-state index contributed by atoms with van der Waals surface area (Å²) < 4.78 is 7.44. The summed E-state index contributed by atoms with van der Waals surface area (Å²) in [6.45, 7) is 3.80. The number of hydrogen-bond donors (Lipinski definition) is 1. The lowest BCUT2D eigenvalue weighted by molar-refractivity contribution is -0.384. The van der Waals surface area contributed by atoms with Crippen molar-refractivity contribution in [3.63, 3.8) is 0 Å². The fourth-order valence-corrected chi connectivity index (χ4v) is 3.53. The molecule has 0 saturated heterocycles. The predicted octanol–water partition coefficient (Wildman–Crippen LogP) is 3.62. The molecule has 4 rings (SSSR count). The smallest absolute Gasteiger partial charge is 0.269 e. The Morgan fingerprint density at radius 2 is 1.97 bits per heavy atom. The van der Waals surface area contributed by atoms with Crippen molar-refractivity contribution < 1.29 is 9.66 Å². The summed E-state index contributed by atoms with van der Waals surface area (Å²) in [6.07, 6.45) is 0. The van der Waals surface area contributed by atoms with E-state index in [4.69, 9.17) is 10.5 Å². The van der Waals surface area contributed by atoms with Crippen molar-refractivity contribution in [2.24, 2.45) is 5.73 Å². The van der Waals surface area contributed by atoms with Gasteiger partial charge in [-0.05, 0) is 31.5 Å². The third-order valence-corrected chi connectivity index (χ3v) is 4.93. The van der Waals surface area contributed by atoms with E-state index in [1.54, 1.807) is 16.8 Å². The van der Waals surface area contributed by atoms with Crippen molar-refractivity contribution in [1.82, 2.24) is 9.78 Å². The lowest BCUT2D eigenvalue weighted by Gasteiger charge is -2.24. The minimum atomic E-state index is -0.608. The van der Waals surface area contributed by atoms with Crippen LogP contribution in [-0.4, -0.2) is 14.7 Å². The fraction of sp³-hybridized carbons (Fsp3) is 0.143. The lowest BCUT2D eigenvalue weighted by atomic mass is 9.84. The Morgan fingerprint density at radius 3 is 2.62 bits per heavy atom. The average Bonchev–Trinajstić information content (AvgIpc) is 3.03. The molecule has 0 unspecified atom stereocenters. The minimum Gasteiger partial charge on any atom is -0.422 e. The number of nitrogens with two attached hydrogens (primary N) is 1. The van der Waals surface area contributed by atoms with Gasteiger partial charge in [0.15, 0.2) is 0 Å². The highest BCUT2D eigenvalue weighted by Gasteiger charge is 2.36. The van der Waals surface area contributed by atoms with Gasteiger partial charge in [0.25, 0.3) is 5.69 Å². The average molecular weight is 387 g/mol. The minimum absolute atomic E-state index is 0.0373. The van der Waals surface area contributed by atoms with Gasteiger partial charge in [-0.1, -0.05) is 29.8 Å². The van der Waals surface area contributed by atoms with Gasteiger partial charge < -0.3 is 10.5 Å². The van der Waals surface area contributed by atoms with E-state index in [-0.39, 0.29) is 17.1 Å². The molecule has 144 valence electrons. The van der Waals surface area contributed by atoms with Crippen molar-refractivity contribution in [2.45, 2.75) is 19.8 Å². The molecular weight excluding hydrogens is 370 g/mol. The molecule has 0 aliphatic carbocycles. The number of fused-ring (bicyclic) bond motifs is 1. The first kappa shape index (κ1) is 18.3. The Kier molecular flexibility index (Phi) is 4.28. The monoisotopic (exact) mass is 387 g/mol. The standard InChI is InChI=1S/C21H17N5O3/c1-12-6-8-15(9-7-12)25-21-18(13(2)24-25)19(17(11-22)20(23)29-21)14-4-3-5-16(10-14)26(27)28/h3-10,19H,23H2,1-2H3/t19-/m0/s1. The fourth-order valence-electron chi connectivity index (χ4n) is 3.53. The van der Waals surface area contributed by atoms with E-state index in [9.17, 15) is 15.4 Å². The second-order valence-electron chi connectivity index (χ2n) is 6.83. The molecule has 0 fully saturated rings. The first-order valence-electron chi connectivity index (χ1n) is 8.89. The van der Waals surface area contributed by atoms with Crippen LogP contribution >= 0.6 is 0 Å². The predicted molar refractivity (Wildman–Crippen MR) is 105 cm³/mol. The Bertz CT molecular complexity index is 1200. The first-order chi connectivity index (χ1) is 13.9. The van der Waals surface area contributed by atoms with E-state index < -0.39 is 10.8 Å². The molecule has 8 heteroatoms. The zero-order chi connectivity index (χ0) is 20.7. The Labute approximate surface area is 166 Å². The molecule has 2 N–H and O–H groups in total. The van der Waals surface area contributed by atoms with Crippen LogP contribution in [0.4, 0.5) is 5.69 Å². The zero-order valence-corrected chi connectivity index (χ0v) is 15.8. The highest BCUT2D eigenvalue weighted by atomic mass is 16.6. The second kappa shape index (κ2) is 6.80. The number of aromatic nitrogens is 2. The molecule has 2 heterocycles. The summed E-state index contributed by atoms with van der Waals surface area (Å²) in [6, 6.07) is 16.0. The van der Waals surface area contributed by atoms with Crippen LogP contribution in [0.2, 0.25) is 0 Å². The maximum absolute atomic E-state index is 11.2. The van der Waals surface area contributed by atoms with E-state index >= 15 is 0 Å². The van der Waals surface area contributed by atoms with Crippen LogP contribution < -0.4 is 10.5 Å². The van der Waals surface area contributed by atoms with Crippen molar-refractivity contribution >= 4 is 5.69 Å². The number of aryl methyl sites for hydroxylation is 2. The number of nitriles is 1. The van der Waals surface area contributed by atoms with Crippen LogP contribution in [0.5, 0.6) is 5.88 Å². The van der Waals surface area contributed by atoms with Gasteiger partial charge in [0, 0.05) is 12.1 Å². The van der Waals surface area contributed by atoms with Gasteiger partial charge in [0.1, 0.15) is 11.6 Å². The highest BCUT2D eigenvalue weighted by Crippen LogP contribution is 2.45. The van der Waals surface area contributed by atoms with E-state index in [2.05, 4.69) is 11.2 Å². The van der Waals surface area contributed by atoms with Gasteiger partial charge in [-0.2, -0.15) is 10.4 Å². The molecule has 1 aromatic heterocycles. The number of allylic oxidation sites excluding steroid dienone is 1. The molecule has 3 aromatic rings. The molecule has 29 heavy (non-hydrogen) atoms. The van der Waals surface area contributed by atoms with Gasteiger partial charge >= 0.3 is 0 Å². The second-order valence-corrected chi connectivity index (χ2v) is 6.83. The number of benzene rings is 2. The van der Waals surface area contributed by atoms with Crippen LogP contribution in [0.1, 0.15) is 28.3 Å². The molecule has 0 saturated carbocycles. The summed E-state index contributed by atoms with van der Waals surface area (Å²) >= 11 is 0. The molecular formula is C21H17N5O3. The maximum Gasteiger partial charge on any atom is 0.269 e. The van der Waals surface area contributed by atoms with E-state index in [0.29, 0.717) is 22.7 Å². The third kappa shape index (κ3) is 2.99. The number of ether oxygens (including phenoxy) is 1. The van der Waals surface area contributed by atoms with Gasteiger partial charge in [-0.25, -0.2) is 4.68 Å². The number of hydrogen-bond acceptors (Lipinski definition) is 6. The lowest BCUT2D eigenvalue weighted by Crippen LogP contribution is -2.22. The molecule has 1 aliphatic rings. The van der Waals surface area contributed by atoms with Crippen molar-refractivity contribution in [3.05, 3.63) is 92.5 Å². The summed E-state index contributed by atoms with van der Waals surface area (Å²) in [4.78, 5) is 10.8. The highest BCUT2D eigenvalue weighted by molar-refractivity contribution is 5.58. The van der Waals surface area contributed by atoms with E-state index in [1.807, 2.05) is 38.1 Å². The SMILES string of the molecule is Cc1ccc(-n2nc(C)c3c2OC(N)=C(C#N)[C@@H]3c2cccc([N+](=O)[O-])c2)cc1. The summed E-state index contributed by atoms with van der Waals surface area (Å²) in [7, 11) is 0. The quantitative estimate of drug-likeness (QED) is 0.541. The van der Waals surface area contributed by atoms with Crippen molar-refractivity contribution in [2.75, 3.05) is 0 Å². The molecule has 2 aromatic carbocycles. The Hall–Kier alpha value is -4.12. The van der Waals surface area contributed by atoms with Gasteiger partial charge in [0.05, 0.1) is 27.8 Å². The maximum atomic E-state index is 11.2. The molecule has 0 spiro atoms. The van der Waals surface area contributed by atoms with Crippen LogP contribution in [0, 0.1) is 35.3 Å². The van der Waals surface area contributed by atoms with Crippen LogP contribution in [0.25, 0.3) is 5.69 Å². The summed E-state index contributed by atoms with van der Waals surface area (Å²) in [5, 5.41) is 25.6. The van der Waals surface area contributed by atoms with Crippen LogP contribution in [0.15, 0.2) is 60.0 Å². The normalized spacial score (nSPS) is 15.4. The van der Waals surface area contributed by atoms with Crippen LogP contribution in [-0.2, 0) is 0 Å². The van der Waals surface area contributed by atoms with Gasteiger partial charge in [0.2, 0.25) is 11.8 Å². The number of rotatable bonds is 3. The largest absolute Gasteiger partial charge is 0.422 e. The molecule has 0 amide bonds. The molecule has 1 aliphatic heterocycles. The summed E-state index contributed by atoms with van der Waals surface area (Å²) in [5.74, 6) is -0.244. The topological polar surface area (TPSA) is 120 Å². The van der Waals surface area contributed by atoms with E-state index in [1.165, 1.54) is 12.1 Å². The molecule has 8 nitrogen and oxygen atoms in total. The number of non-ortho nitro benzene ring substituents is 1. The number of nitro groups is 1. The number of nitro benzene ring substituents is 1. The Balaban J connectivity index is 1.94. The van der Waals surface area contributed by atoms with Crippen molar-refractivity contribution in [3.8, 4) is 17.6 Å². The zero-order valence-electron chi connectivity index (χ0n) is 15.8. The van der Waals surface area contributed by atoms with Crippen molar-refractivity contribution in [1.29, 1.82) is 5.26 Å². The van der Waals surface area contributed by atoms with Gasteiger partial charge in [-0.3, -0.25) is 10.1 Å². The summed E-state index contributed by atoms with van der Waals surface area (Å²) in [5.41, 5.74) is 9.99. The van der Waals surface area contributed by atoms with E-state index in [0.717, 1.165) is 11.3 Å². The third-order valence-electron chi connectivity index (χ3n) is 4.93. The molecule has 0 bridgehead atoms. The first-order valence-corrected chi connectivity index (χ1v) is 8.89. The van der Waals surface area contributed by atoms with Crippen LogP contribution in [0.3, 0.4) is 0 Å². The molecule has 0 radical (unpaired) electrons. The molecule has 1 atom stereocenters. The van der Waals surface area contributed by atoms with Gasteiger partial charge in [-0.15, -0.1) is 0 Å². The Morgan fingerprint density at radius 1 is 1.24 bits per heavy atom.